The lowest BCUT2D eigenvalue weighted by atomic mass is 9.73. The second-order valence-electron chi connectivity index (χ2n) is 7.55. The molecule has 136 valence electrons. The van der Waals surface area contributed by atoms with Gasteiger partial charge in [0.05, 0.1) is 0 Å². The van der Waals surface area contributed by atoms with Crippen LogP contribution in [0.15, 0.2) is 24.3 Å². The van der Waals surface area contributed by atoms with Crippen molar-refractivity contribution in [2.75, 3.05) is 26.2 Å². The number of carbonyl (C=O) groups excluding carboxylic acids is 2. The van der Waals surface area contributed by atoms with Gasteiger partial charge in [0.15, 0.2) is 0 Å². The molecule has 1 aromatic rings. The van der Waals surface area contributed by atoms with E-state index in [0.717, 1.165) is 51.7 Å². The molecule has 2 heterocycles. The number of carbonyl (C=O) groups is 2. The van der Waals surface area contributed by atoms with Crippen molar-refractivity contribution in [2.24, 2.45) is 5.41 Å². The Balaban J connectivity index is 1.71. The minimum absolute atomic E-state index is 0.0213. The molecule has 1 spiro atoms. The smallest absolute Gasteiger partial charge is 0.254 e. The molecule has 5 heteroatoms. The molecule has 1 atom stereocenters. The Morgan fingerprint density at radius 2 is 2.12 bits per heavy atom. The maximum Gasteiger partial charge on any atom is 0.254 e. The van der Waals surface area contributed by atoms with E-state index in [1.54, 1.807) is 18.2 Å². The van der Waals surface area contributed by atoms with E-state index in [4.69, 9.17) is 0 Å². The number of rotatable bonds is 4. The molecule has 0 aromatic heterocycles. The summed E-state index contributed by atoms with van der Waals surface area (Å²) in [4.78, 5) is 29.0. The first-order valence-corrected chi connectivity index (χ1v) is 9.39. The lowest BCUT2D eigenvalue weighted by molar-refractivity contribution is -0.139. The number of hydrogen-bond acceptors (Lipinski definition) is 3. The number of phenolic OH excluding ortho intramolecular Hbond substituents is 1. The van der Waals surface area contributed by atoms with E-state index in [-0.39, 0.29) is 23.0 Å². The predicted octanol–water partition coefficient (Wildman–Crippen LogP) is 3.04. The lowest BCUT2D eigenvalue weighted by Crippen LogP contribution is -2.55. The van der Waals surface area contributed by atoms with Crippen LogP contribution in [0.5, 0.6) is 5.75 Å². The van der Waals surface area contributed by atoms with Crippen molar-refractivity contribution in [3.05, 3.63) is 29.8 Å². The third-order valence-electron chi connectivity index (χ3n) is 5.57. The van der Waals surface area contributed by atoms with Crippen molar-refractivity contribution in [2.45, 2.75) is 45.4 Å². The van der Waals surface area contributed by atoms with Gasteiger partial charge in [-0.2, -0.15) is 0 Å². The van der Waals surface area contributed by atoms with Crippen LogP contribution < -0.4 is 0 Å². The highest BCUT2D eigenvalue weighted by atomic mass is 16.3. The highest BCUT2D eigenvalue weighted by molar-refractivity contribution is 5.94. The highest BCUT2D eigenvalue weighted by Gasteiger charge is 2.42. The van der Waals surface area contributed by atoms with Crippen LogP contribution >= 0.6 is 0 Å². The monoisotopic (exact) mass is 344 g/mol. The molecule has 0 saturated carbocycles. The Bertz CT molecular complexity index is 646. The summed E-state index contributed by atoms with van der Waals surface area (Å²) >= 11 is 0. The summed E-state index contributed by atoms with van der Waals surface area (Å²) in [5.74, 6) is 0.356. The summed E-state index contributed by atoms with van der Waals surface area (Å²) in [6.45, 7) is 5.20. The van der Waals surface area contributed by atoms with Crippen LogP contribution in [0.4, 0.5) is 0 Å². The standard InChI is InChI=1S/C20H28N2O3/c1-2-3-11-21-14-20(10-8-18(21)24)9-5-12-22(15-20)19(25)16-6-4-7-17(23)13-16/h4,6-7,13,23H,2-3,5,8-12,14-15H2,1H3. The van der Waals surface area contributed by atoms with E-state index in [9.17, 15) is 14.7 Å². The van der Waals surface area contributed by atoms with Crippen LogP contribution in [0, 0.1) is 5.41 Å². The summed E-state index contributed by atoms with van der Waals surface area (Å²) < 4.78 is 0. The van der Waals surface area contributed by atoms with Gasteiger partial charge in [-0.15, -0.1) is 0 Å². The second-order valence-corrected chi connectivity index (χ2v) is 7.55. The third kappa shape index (κ3) is 3.97. The molecule has 0 radical (unpaired) electrons. The quantitative estimate of drug-likeness (QED) is 0.913. The Labute approximate surface area is 149 Å². The first-order valence-electron chi connectivity index (χ1n) is 9.39. The molecule has 2 amide bonds. The third-order valence-corrected chi connectivity index (χ3v) is 5.57. The molecule has 3 rings (SSSR count). The average Bonchev–Trinajstić information content (AvgIpc) is 2.62. The van der Waals surface area contributed by atoms with E-state index in [1.165, 1.54) is 6.07 Å². The Kier molecular flexibility index (Phi) is 5.30. The van der Waals surface area contributed by atoms with Gasteiger partial charge in [0.1, 0.15) is 5.75 Å². The van der Waals surface area contributed by atoms with E-state index in [1.807, 2.05) is 9.80 Å². The molecule has 0 aliphatic carbocycles. The van der Waals surface area contributed by atoms with Crippen molar-refractivity contribution in [3.8, 4) is 5.75 Å². The topological polar surface area (TPSA) is 60.9 Å². The van der Waals surface area contributed by atoms with Gasteiger partial charge in [0, 0.05) is 43.6 Å². The fourth-order valence-corrected chi connectivity index (χ4v) is 4.19. The van der Waals surface area contributed by atoms with Crippen LogP contribution in [0.25, 0.3) is 0 Å². The van der Waals surface area contributed by atoms with E-state index < -0.39 is 0 Å². The second kappa shape index (κ2) is 7.46. The zero-order valence-electron chi connectivity index (χ0n) is 15.0. The number of aromatic hydroxyl groups is 1. The number of nitrogens with zero attached hydrogens (tertiary/aromatic N) is 2. The summed E-state index contributed by atoms with van der Waals surface area (Å²) in [5.41, 5.74) is 0.568. The van der Waals surface area contributed by atoms with Crippen molar-refractivity contribution in [3.63, 3.8) is 0 Å². The minimum Gasteiger partial charge on any atom is -0.508 e. The van der Waals surface area contributed by atoms with Crippen LogP contribution in [0.2, 0.25) is 0 Å². The van der Waals surface area contributed by atoms with Gasteiger partial charge < -0.3 is 14.9 Å². The van der Waals surface area contributed by atoms with Crippen molar-refractivity contribution < 1.29 is 14.7 Å². The Hall–Kier alpha value is -2.04. The Morgan fingerprint density at radius 3 is 2.88 bits per heavy atom. The average molecular weight is 344 g/mol. The minimum atomic E-state index is -0.0213. The van der Waals surface area contributed by atoms with Crippen LogP contribution in [0.1, 0.15) is 55.8 Å². The normalized spacial score (nSPS) is 24.0. The number of amides is 2. The van der Waals surface area contributed by atoms with Gasteiger partial charge in [0.25, 0.3) is 5.91 Å². The highest BCUT2D eigenvalue weighted by Crippen LogP contribution is 2.39. The van der Waals surface area contributed by atoms with Crippen LogP contribution in [0.3, 0.4) is 0 Å². The number of phenols is 1. The van der Waals surface area contributed by atoms with E-state index in [2.05, 4.69) is 6.92 Å². The molecule has 1 aromatic carbocycles. The van der Waals surface area contributed by atoms with Crippen molar-refractivity contribution in [1.82, 2.24) is 9.80 Å². The summed E-state index contributed by atoms with van der Waals surface area (Å²) in [5, 5.41) is 9.63. The molecule has 2 aliphatic heterocycles. The largest absolute Gasteiger partial charge is 0.508 e. The Morgan fingerprint density at radius 1 is 1.28 bits per heavy atom. The molecule has 2 aliphatic rings. The van der Waals surface area contributed by atoms with Crippen molar-refractivity contribution >= 4 is 11.8 Å². The molecule has 2 saturated heterocycles. The van der Waals surface area contributed by atoms with Gasteiger partial charge >= 0.3 is 0 Å². The van der Waals surface area contributed by atoms with Gasteiger partial charge in [-0.25, -0.2) is 0 Å². The fraction of sp³-hybridized carbons (Fsp3) is 0.600. The maximum absolute atomic E-state index is 12.8. The zero-order chi connectivity index (χ0) is 17.9. The van der Waals surface area contributed by atoms with Crippen LogP contribution in [-0.4, -0.2) is 52.9 Å². The summed E-state index contributed by atoms with van der Waals surface area (Å²) in [6.07, 6.45) is 5.63. The molecule has 1 unspecified atom stereocenters. The molecule has 0 bridgehead atoms. The zero-order valence-corrected chi connectivity index (χ0v) is 15.0. The summed E-state index contributed by atoms with van der Waals surface area (Å²) in [7, 11) is 0. The molecular formula is C20H28N2O3. The van der Waals surface area contributed by atoms with Gasteiger partial charge in [-0.1, -0.05) is 19.4 Å². The fourth-order valence-electron chi connectivity index (χ4n) is 4.19. The lowest BCUT2D eigenvalue weighted by Gasteiger charge is -2.48. The number of benzene rings is 1. The van der Waals surface area contributed by atoms with Gasteiger partial charge in [-0.3, -0.25) is 9.59 Å². The molecule has 5 nitrogen and oxygen atoms in total. The molecule has 1 N–H and O–H groups in total. The van der Waals surface area contributed by atoms with E-state index in [0.29, 0.717) is 18.5 Å². The molecular weight excluding hydrogens is 316 g/mol. The van der Waals surface area contributed by atoms with Crippen LogP contribution in [-0.2, 0) is 4.79 Å². The number of likely N-dealkylation sites (tertiary alicyclic amines) is 2. The summed E-state index contributed by atoms with van der Waals surface area (Å²) in [6, 6.07) is 6.56. The number of unbranched alkanes of at least 4 members (excludes halogenated alkanes) is 1. The molecule has 25 heavy (non-hydrogen) atoms. The number of piperidine rings is 2. The SMILES string of the molecule is CCCCN1CC2(CCCN(C(=O)c3cccc(O)c3)C2)CCC1=O. The maximum atomic E-state index is 12.8. The van der Waals surface area contributed by atoms with E-state index >= 15 is 0 Å². The predicted molar refractivity (Wildman–Crippen MR) is 96.4 cm³/mol. The van der Waals surface area contributed by atoms with Gasteiger partial charge in [-0.05, 0) is 43.9 Å². The van der Waals surface area contributed by atoms with Crippen molar-refractivity contribution in [1.29, 1.82) is 0 Å². The first-order chi connectivity index (χ1) is 12.0. The number of hydrogen-bond donors (Lipinski definition) is 1. The first kappa shape index (κ1) is 17.8. The molecule has 2 fully saturated rings. The van der Waals surface area contributed by atoms with Gasteiger partial charge in [0.2, 0.25) is 5.91 Å².